The number of carbonyl (C=O) groups is 1. The predicted molar refractivity (Wildman–Crippen MR) is 81.7 cm³/mol. The number of anilines is 2. The second-order valence-corrected chi connectivity index (χ2v) is 5.08. The Bertz CT molecular complexity index is 547. The largest absolute Gasteiger partial charge is 0.385 e. The number of hydrogen-bond donors (Lipinski definition) is 2. The molecule has 114 valence electrons. The molecule has 2 N–H and O–H groups in total. The summed E-state index contributed by atoms with van der Waals surface area (Å²) in [5.41, 5.74) is 1.44. The molecule has 0 radical (unpaired) electrons. The van der Waals surface area contributed by atoms with E-state index in [9.17, 15) is 14.9 Å². The summed E-state index contributed by atoms with van der Waals surface area (Å²) in [5.74, 6) is -0.0594. The number of rotatable bonds is 5. The highest BCUT2D eigenvalue weighted by atomic mass is 16.6. The highest BCUT2D eigenvalue weighted by molar-refractivity contribution is 5.86. The van der Waals surface area contributed by atoms with E-state index in [-0.39, 0.29) is 17.6 Å². The quantitative estimate of drug-likeness (QED) is 0.637. The summed E-state index contributed by atoms with van der Waals surface area (Å²) in [6.45, 7) is 5.76. The monoisotopic (exact) mass is 292 g/mol. The molecular weight excluding hydrogens is 272 g/mol. The van der Waals surface area contributed by atoms with Crippen molar-refractivity contribution in [2.24, 2.45) is 0 Å². The van der Waals surface area contributed by atoms with Gasteiger partial charge in [0.25, 0.3) is 5.69 Å². The zero-order valence-corrected chi connectivity index (χ0v) is 12.3. The fourth-order valence-corrected chi connectivity index (χ4v) is 2.37. The van der Waals surface area contributed by atoms with Crippen molar-refractivity contribution in [3.8, 4) is 0 Å². The Balaban J connectivity index is 2.34. The summed E-state index contributed by atoms with van der Waals surface area (Å²) < 4.78 is 0. The summed E-state index contributed by atoms with van der Waals surface area (Å²) in [7, 11) is 0. The molecule has 0 spiro atoms. The summed E-state index contributed by atoms with van der Waals surface area (Å²) in [6.07, 6.45) is 0.931. The zero-order chi connectivity index (χ0) is 15.4. The van der Waals surface area contributed by atoms with Gasteiger partial charge in [-0.1, -0.05) is 6.92 Å². The lowest BCUT2D eigenvalue weighted by molar-refractivity contribution is -0.384. The van der Waals surface area contributed by atoms with E-state index in [1.54, 1.807) is 6.92 Å². The summed E-state index contributed by atoms with van der Waals surface area (Å²) in [4.78, 5) is 24.3. The molecule has 21 heavy (non-hydrogen) atoms. The molecule has 0 aliphatic carbocycles. The third-order valence-electron chi connectivity index (χ3n) is 3.52. The molecule has 1 aromatic carbocycles. The average molecular weight is 292 g/mol. The Labute approximate surface area is 123 Å². The lowest BCUT2D eigenvalue weighted by Crippen LogP contribution is -2.54. The number of hydrogen-bond acceptors (Lipinski definition) is 5. The molecule has 2 rings (SSSR count). The van der Waals surface area contributed by atoms with Gasteiger partial charge in [-0.2, -0.15) is 0 Å². The smallest absolute Gasteiger partial charge is 0.273 e. The topological polar surface area (TPSA) is 87.5 Å². The van der Waals surface area contributed by atoms with Crippen LogP contribution in [0.2, 0.25) is 0 Å². The van der Waals surface area contributed by atoms with Crippen LogP contribution in [0.3, 0.4) is 0 Å². The van der Waals surface area contributed by atoms with Gasteiger partial charge in [0.1, 0.15) is 6.04 Å². The molecule has 0 bridgehead atoms. The normalized spacial score (nSPS) is 18.3. The van der Waals surface area contributed by atoms with Crippen LogP contribution >= 0.6 is 0 Å². The molecule has 0 aromatic heterocycles. The van der Waals surface area contributed by atoms with Crippen LogP contribution in [0.25, 0.3) is 0 Å². The van der Waals surface area contributed by atoms with Crippen LogP contribution in [0.15, 0.2) is 18.2 Å². The lowest BCUT2D eigenvalue weighted by Gasteiger charge is -2.34. The molecule has 1 aliphatic heterocycles. The van der Waals surface area contributed by atoms with Crippen LogP contribution in [0, 0.1) is 10.1 Å². The maximum absolute atomic E-state index is 11.8. The number of nitro groups is 1. The first-order chi connectivity index (χ1) is 10.0. The van der Waals surface area contributed by atoms with Gasteiger partial charge in [0.2, 0.25) is 5.91 Å². The molecule has 1 saturated heterocycles. The number of piperazine rings is 1. The van der Waals surface area contributed by atoms with Crippen LogP contribution in [0.4, 0.5) is 17.1 Å². The number of benzene rings is 1. The fourth-order valence-electron chi connectivity index (χ4n) is 2.37. The molecule has 0 saturated carbocycles. The van der Waals surface area contributed by atoms with Gasteiger partial charge < -0.3 is 15.5 Å². The molecule has 1 fully saturated rings. The van der Waals surface area contributed by atoms with Gasteiger partial charge in [-0.25, -0.2) is 0 Å². The van der Waals surface area contributed by atoms with E-state index < -0.39 is 4.92 Å². The van der Waals surface area contributed by atoms with Crippen molar-refractivity contribution in [1.29, 1.82) is 0 Å². The standard InChI is InChI=1S/C14H20N4O3/c1-3-4-15-11-7-12(9-13(8-11)18(20)21)17-6-5-16-14(19)10(17)2/h7-10,15H,3-6H2,1-2H3,(H,16,19). The summed E-state index contributed by atoms with van der Waals surface area (Å²) in [5, 5.41) is 17.0. The van der Waals surface area contributed by atoms with Gasteiger partial charge in [-0.15, -0.1) is 0 Å². The van der Waals surface area contributed by atoms with Crippen molar-refractivity contribution >= 4 is 23.0 Å². The fraction of sp³-hybridized carbons (Fsp3) is 0.500. The van der Waals surface area contributed by atoms with E-state index in [0.717, 1.165) is 13.0 Å². The highest BCUT2D eigenvalue weighted by Gasteiger charge is 2.27. The first-order valence-corrected chi connectivity index (χ1v) is 7.10. The maximum Gasteiger partial charge on any atom is 0.273 e. The van der Waals surface area contributed by atoms with E-state index in [1.807, 2.05) is 17.9 Å². The van der Waals surface area contributed by atoms with E-state index >= 15 is 0 Å². The molecule has 1 unspecified atom stereocenters. The minimum absolute atomic E-state index is 0.0317. The Morgan fingerprint density at radius 2 is 2.24 bits per heavy atom. The highest BCUT2D eigenvalue weighted by Crippen LogP contribution is 2.28. The predicted octanol–water partition coefficient (Wildman–Crippen LogP) is 1.74. The molecule has 1 heterocycles. The van der Waals surface area contributed by atoms with Crippen molar-refractivity contribution in [3.63, 3.8) is 0 Å². The molecule has 1 amide bonds. The Morgan fingerprint density at radius 1 is 1.48 bits per heavy atom. The number of nitrogens with one attached hydrogen (secondary N) is 2. The third-order valence-corrected chi connectivity index (χ3v) is 3.52. The minimum atomic E-state index is -0.407. The third kappa shape index (κ3) is 3.42. The lowest BCUT2D eigenvalue weighted by atomic mass is 10.1. The molecule has 1 aliphatic rings. The van der Waals surface area contributed by atoms with E-state index in [4.69, 9.17) is 0 Å². The Kier molecular flexibility index (Phi) is 4.62. The van der Waals surface area contributed by atoms with Crippen molar-refractivity contribution < 1.29 is 9.72 Å². The first kappa shape index (κ1) is 15.1. The number of non-ortho nitro benzene ring substituents is 1. The number of nitro benzene ring substituents is 1. The average Bonchev–Trinajstić information content (AvgIpc) is 2.47. The van der Waals surface area contributed by atoms with Crippen LogP contribution in [-0.2, 0) is 4.79 Å². The van der Waals surface area contributed by atoms with Crippen molar-refractivity contribution in [2.75, 3.05) is 29.9 Å². The molecule has 7 heteroatoms. The number of carbonyl (C=O) groups excluding carboxylic acids is 1. The van der Waals surface area contributed by atoms with E-state index in [0.29, 0.717) is 24.5 Å². The molecular formula is C14H20N4O3. The van der Waals surface area contributed by atoms with Gasteiger partial charge in [-0.05, 0) is 19.4 Å². The number of nitrogens with zero attached hydrogens (tertiary/aromatic N) is 2. The SMILES string of the molecule is CCCNc1cc(N2CCNC(=O)C2C)cc([N+](=O)[O-])c1. The van der Waals surface area contributed by atoms with Crippen molar-refractivity contribution in [3.05, 3.63) is 28.3 Å². The van der Waals surface area contributed by atoms with Gasteiger partial charge in [0.15, 0.2) is 0 Å². The Hall–Kier alpha value is -2.31. The van der Waals surface area contributed by atoms with E-state index in [1.165, 1.54) is 12.1 Å². The van der Waals surface area contributed by atoms with Crippen LogP contribution in [0.5, 0.6) is 0 Å². The van der Waals surface area contributed by atoms with Crippen molar-refractivity contribution in [1.82, 2.24) is 5.32 Å². The van der Waals surface area contributed by atoms with Gasteiger partial charge in [0.05, 0.1) is 4.92 Å². The molecule has 1 atom stereocenters. The van der Waals surface area contributed by atoms with E-state index in [2.05, 4.69) is 10.6 Å². The summed E-state index contributed by atoms with van der Waals surface area (Å²) >= 11 is 0. The first-order valence-electron chi connectivity index (χ1n) is 7.10. The minimum Gasteiger partial charge on any atom is -0.385 e. The van der Waals surface area contributed by atoms with Crippen LogP contribution in [0.1, 0.15) is 20.3 Å². The maximum atomic E-state index is 11.8. The van der Waals surface area contributed by atoms with Gasteiger partial charge in [-0.3, -0.25) is 14.9 Å². The van der Waals surface area contributed by atoms with Crippen LogP contribution in [-0.4, -0.2) is 36.5 Å². The Morgan fingerprint density at radius 3 is 2.90 bits per heavy atom. The number of amides is 1. The van der Waals surface area contributed by atoms with Crippen molar-refractivity contribution in [2.45, 2.75) is 26.3 Å². The molecule has 7 nitrogen and oxygen atoms in total. The summed E-state index contributed by atoms with van der Waals surface area (Å²) in [6, 6.07) is 4.57. The zero-order valence-electron chi connectivity index (χ0n) is 12.3. The second kappa shape index (κ2) is 6.43. The molecule has 1 aromatic rings. The van der Waals surface area contributed by atoms with Gasteiger partial charge >= 0.3 is 0 Å². The van der Waals surface area contributed by atoms with Gasteiger partial charge in [0, 0.05) is 43.1 Å². The second-order valence-electron chi connectivity index (χ2n) is 5.08. The van der Waals surface area contributed by atoms with Crippen LogP contribution < -0.4 is 15.5 Å².